The molecule has 174 valence electrons. The number of ether oxygens (including phenoxy) is 1. The maximum absolute atomic E-state index is 6.18. The van der Waals surface area contributed by atoms with E-state index in [-0.39, 0.29) is 24.0 Å². The number of fused-ring (bicyclic) bond motifs is 1. The van der Waals surface area contributed by atoms with E-state index >= 15 is 0 Å². The summed E-state index contributed by atoms with van der Waals surface area (Å²) >= 11 is 0. The summed E-state index contributed by atoms with van der Waals surface area (Å²) in [6.07, 6.45) is 9.44. The molecule has 1 N–H and O–H groups in total. The van der Waals surface area contributed by atoms with Gasteiger partial charge >= 0.3 is 0 Å². The van der Waals surface area contributed by atoms with Crippen molar-refractivity contribution in [2.75, 3.05) is 46.4 Å². The largest absolute Gasteiger partial charge is 0.378 e. The van der Waals surface area contributed by atoms with Crippen LogP contribution >= 0.6 is 24.0 Å². The third-order valence-electron chi connectivity index (χ3n) is 7.23. The molecule has 2 heterocycles. The molecule has 1 aromatic carbocycles. The van der Waals surface area contributed by atoms with Crippen molar-refractivity contribution in [3.05, 3.63) is 35.9 Å². The van der Waals surface area contributed by atoms with E-state index in [4.69, 9.17) is 4.74 Å². The normalized spacial score (nSPS) is 25.2. The highest BCUT2D eigenvalue weighted by Gasteiger charge is 2.35. The molecule has 0 amide bonds. The van der Waals surface area contributed by atoms with Gasteiger partial charge in [0.25, 0.3) is 0 Å². The van der Waals surface area contributed by atoms with Crippen molar-refractivity contribution in [1.82, 2.24) is 15.1 Å². The van der Waals surface area contributed by atoms with Gasteiger partial charge in [0.15, 0.2) is 5.96 Å². The lowest BCUT2D eigenvalue weighted by Gasteiger charge is -2.32. The lowest BCUT2D eigenvalue weighted by molar-refractivity contribution is 0.00531. The quantitative estimate of drug-likeness (QED) is 0.241. The van der Waals surface area contributed by atoms with Crippen molar-refractivity contribution in [3.63, 3.8) is 0 Å². The second kappa shape index (κ2) is 13.0. The lowest BCUT2D eigenvalue weighted by Crippen LogP contribution is -2.41. The molecule has 2 atom stereocenters. The van der Waals surface area contributed by atoms with E-state index in [2.05, 4.69) is 50.4 Å². The minimum atomic E-state index is 0. The molecule has 0 spiro atoms. The molecule has 2 unspecified atom stereocenters. The van der Waals surface area contributed by atoms with Crippen LogP contribution in [0.5, 0.6) is 0 Å². The first kappa shape index (κ1) is 24.8. The molecule has 1 aromatic rings. The Labute approximate surface area is 206 Å². The van der Waals surface area contributed by atoms with Crippen LogP contribution in [0.25, 0.3) is 0 Å². The van der Waals surface area contributed by atoms with Crippen LogP contribution in [0.3, 0.4) is 0 Å². The second-order valence-corrected chi connectivity index (χ2v) is 9.37. The number of halogens is 1. The Morgan fingerprint density at radius 2 is 1.71 bits per heavy atom. The highest BCUT2D eigenvalue weighted by molar-refractivity contribution is 14.0. The van der Waals surface area contributed by atoms with Gasteiger partial charge in [-0.15, -0.1) is 24.0 Å². The Hall–Kier alpha value is -0.860. The standard InChI is InChI=1S/C25H40N4O.HI/c1-26-25(29-19-22-10-5-6-11-23(22)20-29)27-14-7-17-30-24-12-15-28(16-13-24)18-21-8-3-2-4-9-21;/h2-4,8-9,22-24H,5-7,10-20H2,1H3,(H,26,27);1H. The summed E-state index contributed by atoms with van der Waals surface area (Å²) < 4.78 is 6.18. The van der Waals surface area contributed by atoms with E-state index in [0.717, 1.165) is 69.8 Å². The minimum absolute atomic E-state index is 0. The summed E-state index contributed by atoms with van der Waals surface area (Å²) in [6, 6.07) is 10.8. The Kier molecular flexibility index (Phi) is 10.4. The first-order valence-corrected chi connectivity index (χ1v) is 12.2. The monoisotopic (exact) mass is 540 g/mol. The summed E-state index contributed by atoms with van der Waals surface area (Å²) in [7, 11) is 1.92. The second-order valence-electron chi connectivity index (χ2n) is 9.37. The van der Waals surface area contributed by atoms with Gasteiger partial charge in [-0.2, -0.15) is 0 Å². The third-order valence-corrected chi connectivity index (χ3v) is 7.23. The molecule has 3 fully saturated rings. The molecule has 4 rings (SSSR count). The fourth-order valence-electron chi connectivity index (χ4n) is 5.51. The van der Waals surface area contributed by atoms with Gasteiger partial charge in [0, 0.05) is 52.9 Å². The summed E-state index contributed by atoms with van der Waals surface area (Å²) in [6.45, 7) is 7.53. The predicted molar refractivity (Wildman–Crippen MR) is 139 cm³/mol. The maximum atomic E-state index is 6.18. The first-order chi connectivity index (χ1) is 14.8. The van der Waals surface area contributed by atoms with Crippen LogP contribution in [0.15, 0.2) is 35.3 Å². The molecule has 0 bridgehead atoms. The lowest BCUT2D eigenvalue weighted by atomic mass is 9.82. The van der Waals surface area contributed by atoms with Crippen LogP contribution in [0, 0.1) is 11.8 Å². The van der Waals surface area contributed by atoms with Gasteiger partial charge in [-0.1, -0.05) is 43.2 Å². The van der Waals surface area contributed by atoms with Gasteiger partial charge in [0.2, 0.25) is 0 Å². The summed E-state index contributed by atoms with van der Waals surface area (Å²) in [5, 5.41) is 3.58. The van der Waals surface area contributed by atoms with E-state index in [1.807, 2.05) is 7.05 Å². The van der Waals surface area contributed by atoms with Crippen LogP contribution < -0.4 is 5.32 Å². The van der Waals surface area contributed by atoms with Crippen molar-refractivity contribution in [2.24, 2.45) is 16.8 Å². The van der Waals surface area contributed by atoms with E-state index in [1.54, 1.807) is 0 Å². The third kappa shape index (κ3) is 7.32. The van der Waals surface area contributed by atoms with E-state index < -0.39 is 0 Å². The fourth-order valence-corrected chi connectivity index (χ4v) is 5.51. The van der Waals surface area contributed by atoms with Gasteiger partial charge in [0.1, 0.15) is 0 Å². The molecule has 0 radical (unpaired) electrons. The van der Waals surface area contributed by atoms with Gasteiger partial charge in [-0.25, -0.2) is 0 Å². The molecule has 31 heavy (non-hydrogen) atoms. The molecule has 6 heteroatoms. The Bertz CT molecular complexity index is 649. The Balaban J connectivity index is 0.00000272. The average Bonchev–Trinajstić information content (AvgIpc) is 3.22. The molecule has 0 aromatic heterocycles. The molecule has 2 saturated heterocycles. The Morgan fingerprint density at radius 3 is 2.35 bits per heavy atom. The molecule has 3 aliphatic rings. The number of hydrogen-bond acceptors (Lipinski definition) is 3. The first-order valence-electron chi connectivity index (χ1n) is 12.2. The number of guanidine groups is 1. The van der Waals surface area contributed by atoms with E-state index in [0.29, 0.717) is 6.10 Å². The zero-order valence-electron chi connectivity index (χ0n) is 19.2. The minimum Gasteiger partial charge on any atom is -0.378 e. The number of rotatable bonds is 7. The molecular formula is C25H41IN4O. The highest BCUT2D eigenvalue weighted by Crippen LogP contribution is 2.35. The fraction of sp³-hybridized carbons (Fsp3) is 0.720. The van der Waals surface area contributed by atoms with Crippen molar-refractivity contribution in [1.29, 1.82) is 0 Å². The van der Waals surface area contributed by atoms with Gasteiger partial charge in [-0.05, 0) is 49.5 Å². The van der Waals surface area contributed by atoms with Crippen molar-refractivity contribution < 1.29 is 4.74 Å². The average molecular weight is 541 g/mol. The topological polar surface area (TPSA) is 40.1 Å². The highest BCUT2D eigenvalue weighted by atomic mass is 127. The van der Waals surface area contributed by atoms with Crippen molar-refractivity contribution in [2.45, 2.75) is 57.6 Å². The van der Waals surface area contributed by atoms with Gasteiger partial charge < -0.3 is 15.0 Å². The predicted octanol–water partition coefficient (Wildman–Crippen LogP) is 4.37. The van der Waals surface area contributed by atoms with Gasteiger partial charge in [-0.3, -0.25) is 9.89 Å². The molecular weight excluding hydrogens is 499 g/mol. The number of likely N-dealkylation sites (tertiary alicyclic amines) is 2. The SMILES string of the molecule is CN=C(NCCCOC1CCN(Cc2ccccc2)CC1)N1CC2CCCCC2C1.I. The molecule has 1 saturated carbocycles. The zero-order valence-corrected chi connectivity index (χ0v) is 21.5. The number of aliphatic imine (C=N–C) groups is 1. The number of nitrogens with one attached hydrogen (secondary N) is 1. The van der Waals surface area contributed by atoms with Crippen LogP contribution in [0.1, 0.15) is 50.5 Å². The number of piperidine rings is 1. The molecule has 5 nitrogen and oxygen atoms in total. The summed E-state index contributed by atoms with van der Waals surface area (Å²) in [5.74, 6) is 2.89. The summed E-state index contributed by atoms with van der Waals surface area (Å²) in [5.41, 5.74) is 1.41. The smallest absolute Gasteiger partial charge is 0.193 e. The van der Waals surface area contributed by atoms with Crippen LogP contribution in [-0.2, 0) is 11.3 Å². The van der Waals surface area contributed by atoms with Crippen LogP contribution in [0.4, 0.5) is 0 Å². The van der Waals surface area contributed by atoms with Gasteiger partial charge in [0.05, 0.1) is 6.10 Å². The zero-order chi connectivity index (χ0) is 20.6. The van der Waals surface area contributed by atoms with Crippen molar-refractivity contribution in [3.8, 4) is 0 Å². The number of hydrogen-bond donors (Lipinski definition) is 1. The Morgan fingerprint density at radius 1 is 1.03 bits per heavy atom. The summed E-state index contributed by atoms with van der Waals surface area (Å²) in [4.78, 5) is 9.58. The van der Waals surface area contributed by atoms with Crippen LogP contribution in [-0.4, -0.2) is 68.2 Å². The van der Waals surface area contributed by atoms with Crippen molar-refractivity contribution >= 4 is 29.9 Å². The molecule has 1 aliphatic carbocycles. The van der Waals surface area contributed by atoms with Crippen LogP contribution in [0.2, 0.25) is 0 Å². The maximum Gasteiger partial charge on any atom is 0.193 e. The number of benzene rings is 1. The number of nitrogens with zero attached hydrogens (tertiary/aromatic N) is 3. The van der Waals surface area contributed by atoms with E-state index in [1.165, 1.54) is 44.3 Å². The van der Waals surface area contributed by atoms with E-state index in [9.17, 15) is 0 Å². The molecule has 2 aliphatic heterocycles.